The molecule has 0 spiro atoms. The Hall–Kier alpha value is -2.54. The highest BCUT2D eigenvalue weighted by Gasteiger charge is 2.36. The lowest BCUT2D eigenvalue weighted by Crippen LogP contribution is -2.55. The average molecular weight is 505 g/mol. The van der Waals surface area contributed by atoms with Gasteiger partial charge in [-0.05, 0) is 56.7 Å². The molecule has 5 rings (SSSR count). The molecule has 2 aliphatic carbocycles. The first-order valence-electron chi connectivity index (χ1n) is 11.3. The highest BCUT2D eigenvalue weighted by molar-refractivity contribution is 7.90. The molecule has 0 aliphatic heterocycles. The van der Waals surface area contributed by atoms with Gasteiger partial charge >= 0.3 is 0 Å². The van der Waals surface area contributed by atoms with Crippen LogP contribution in [0.4, 0.5) is 5.82 Å². The Bertz CT molecular complexity index is 1410. The van der Waals surface area contributed by atoms with Crippen molar-refractivity contribution in [2.45, 2.75) is 49.6 Å². The lowest BCUT2D eigenvalue weighted by atomic mass is 9.86. The quantitative estimate of drug-likeness (QED) is 0.455. The van der Waals surface area contributed by atoms with Crippen LogP contribution in [0.3, 0.4) is 0 Å². The maximum atomic E-state index is 13.2. The summed E-state index contributed by atoms with van der Waals surface area (Å²) in [6.45, 7) is 2.39. The Morgan fingerprint density at radius 2 is 1.76 bits per heavy atom. The van der Waals surface area contributed by atoms with Gasteiger partial charge < -0.3 is 4.90 Å². The lowest BCUT2D eigenvalue weighted by molar-refractivity contribution is 0.315. The van der Waals surface area contributed by atoms with Gasteiger partial charge in [-0.1, -0.05) is 17.7 Å². The Morgan fingerprint density at radius 3 is 2.44 bits per heavy atom. The van der Waals surface area contributed by atoms with E-state index in [1.807, 2.05) is 18.9 Å². The first-order valence-corrected chi connectivity index (χ1v) is 14.2. The van der Waals surface area contributed by atoms with Crippen molar-refractivity contribution in [3.63, 3.8) is 0 Å². The predicted molar refractivity (Wildman–Crippen MR) is 129 cm³/mol. The number of aryl methyl sites for hydroxylation is 1. The van der Waals surface area contributed by atoms with Gasteiger partial charge in [-0.25, -0.2) is 27.1 Å². The molecular weight excluding hydrogens is 476 g/mol. The fourth-order valence-corrected chi connectivity index (χ4v) is 6.67. The molecule has 0 unspecified atom stereocenters. The Labute approximate surface area is 199 Å². The maximum absolute atomic E-state index is 13.2. The van der Waals surface area contributed by atoms with E-state index in [-0.39, 0.29) is 17.0 Å². The van der Waals surface area contributed by atoms with E-state index in [0.29, 0.717) is 42.2 Å². The van der Waals surface area contributed by atoms with E-state index in [2.05, 4.69) is 19.4 Å². The largest absolute Gasteiger partial charge is 0.356 e. The van der Waals surface area contributed by atoms with Crippen LogP contribution in [0.25, 0.3) is 11.0 Å². The minimum absolute atomic E-state index is 0.0753. The topological polar surface area (TPSA) is 126 Å². The van der Waals surface area contributed by atoms with Crippen molar-refractivity contribution < 1.29 is 16.8 Å². The Kier molecular flexibility index (Phi) is 5.87. The van der Waals surface area contributed by atoms with Crippen molar-refractivity contribution in [1.29, 1.82) is 0 Å². The second-order valence-electron chi connectivity index (χ2n) is 9.21. The third kappa shape index (κ3) is 4.54. The molecule has 2 saturated carbocycles. The molecule has 3 aromatic rings. The van der Waals surface area contributed by atoms with E-state index in [0.717, 1.165) is 18.4 Å². The summed E-state index contributed by atoms with van der Waals surface area (Å²) in [4.78, 5) is 10.8. The summed E-state index contributed by atoms with van der Waals surface area (Å²) >= 11 is 0. The van der Waals surface area contributed by atoms with E-state index < -0.39 is 20.2 Å². The monoisotopic (exact) mass is 504 g/mol. The van der Waals surface area contributed by atoms with Crippen molar-refractivity contribution >= 4 is 37.1 Å². The third-order valence-corrected chi connectivity index (χ3v) is 9.45. The highest BCUT2D eigenvalue weighted by Crippen LogP contribution is 2.33. The molecule has 34 heavy (non-hydrogen) atoms. The summed E-state index contributed by atoms with van der Waals surface area (Å²) in [7, 11) is -5.42. The average Bonchev–Trinajstić information content (AvgIpc) is 3.50. The molecule has 1 aromatic carbocycles. The van der Waals surface area contributed by atoms with Crippen LogP contribution in [0.15, 0.2) is 47.8 Å². The summed E-state index contributed by atoms with van der Waals surface area (Å²) in [6.07, 6.45) is 6.29. The molecule has 0 bridgehead atoms. The summed E-state index contributed by atoms with van der Waals surface area (Å²) in [5, 5.41) is 0.621. The first-order chi connectivity index (χ1) is 16.1. The first kappa shape index (κ1) is 23.2. The van der Waals surface area contributed by atoms with Crippen LogP contribution in [0.1, 0.15) is 31.2 Å². The zero-order valence-corrected chi connectivity index (χ0v) is 20.7. The van der Waals surface area contributed by atoms with Crippen molar-refractivity contribution in [2.75, 3.05) is 18.5 Å². The van der Waals surface area contributed by atoms with Crippen LogP contribution in [0, 0.1) is 12.8 Å². The van der Waals surface area contributed by atoms with Gasteiger partial charge in [-0.15, -0.1) is 0 Å². The van der Waals surface area contributed by atoms with Gasteiger partial charge in [-0.3, -0.25) is 0 Å². The van der Waals surface area contributed by atoms with Gasteiger partial charge in [0.15, 0.2) is 5.65 Å². The molecule has 2 aromatic heterocycles. The SMILES string of the molecule is Cc1ccc(S(=O)(=O)n2ccc3c(N(C)C4CC(NS(=O)(=O)NCC5CC5)C4)ncnc32)cc1. The number of aromatic nitrogens is 3. The molecule has 2 heterocycles. The van der Waals surface area contributed by atoms with Crippen LogP contribution >= 0.6 is 0 Å². The van der Waals surface area contributed by atoms with E-state index in [1.54, 1.807) is 30.3 Å². The van der Waals surface area contributed by atoms with Gasteiger partial charge in [0.05, 0.1) is 10.3 Å². The molecule has 2 aliphatic rings. The number of hydrogen-bond donors (Lipinski definition) is 2. The number of benzene rings is 1. The zero-order chi connectivity index (χ0) is 24.1. The molecular formula is C22H28N6O4S2. The minimum Gasteiger partial charge on any atom is -0.356 e. The Morgan fingerprint density at radius 1 is 1.06 bits per heavy atom. The van der Waals surface area contributed by atoms with Crippen LogP contribution in [0.5, 0.6) is 0 Å². The number of nitrogens with one attached hydrogen (secondary N) is 2. The molecule has 0 radical (unpaired) electrons. The standard InChI is InChI=1S/C22H28N6O4S2/c1-15-3-7-19(8-4-15)33(29,30)28-10-9-20-21(23-14-24-22(20)28)27(2)18-11-17(12-18)26-34(31,32)25-13-16-5-6-16/h3-4,7-10,14,16-18,25-26H,5-6,11-13H2,1-2H3. The number of nitrogens with zero attached hydrogens (tertiary/aromatic N) is 4. The summed E-state index contributed by atoms with van der Waals surface area (Å²) in [5.41, 5.74) is 1.28. The second kappa shape index (κ2) is 8.59. The fourth-order valence-electron chi connectivity index (χ4n) is 4.20. The molecule has 2 N–H and O–H groups in total. The van der Waals surface area contributed by atoms with Crippen molar-refractivity contribution in [2.24, 2.45) is 5.92 Å². The van der Waals surface area contributed by atoms with E-state index in [9.17, 15) is 16.8 Å². The molecule has 12 heteroatoms. The number of hydrogen-bond acceptors (Lipinski definition) is 7. The smallest absolute Gasteiger partial charge is 0.277 e. The third-order valence-electron chi connectivity index (χ3n) is 6.58. The fraction of sp³-hybridized carbons (Fsp3) is 0.455. The zero-order valence-electron chi connectivity index (χ0n) is 19.0. The molecule has 10 nitrogen and oxygen atoms in total. The van der Waals surface area contributed by atoms with Crippen molar-refractivity contribution in [3.8, 4) is 0 Å². The Balaban J connectivity index is 1.31. The van der Waals surface area contributed by atoms with Crippen molar-refractivity contribution in [3.05, 3.63) is 48.4 Å². The van der Waals surface area contributed by atoms with Gasteiger partial charge in [0.1, 0.15) is 12.1 Å². The molecule has 0 atom stereocenters. The summed E-state index contributed by atoms with van der Waals surface area (Å²) in [5.74, 6) is 1.08. The van der Waals surface area contributed by atoms with Gasteiger partial charge in [0, 0.05) is 31.9 Å². The molecule has 0 saturated heterocycles. The van der Waals surface area contributed by atoms with Gasteiger partial charge in [-0.2, -0.15) is 13.1 Å². The van der Waals surface area contributed by atoms with Crippen molar-refractivity contribution in [1.82, 2.24) is 23.4 Å². The van der Waals surface area contributed by atoms with Gasteiger partial charge in [0.2, 0.25) is 0 Å². The minimum atomic E-state index is -3.81. The predicted octanol–water partition coefficient (Wildman–Crippen LogP) is 1.78. The number of anilines is 1. The summed E-state index contributed by atoms with van der Waals surface area (Å²) in [6, 6.07) is 8.32. The van der Waals surface area contributed by atoms with Gasteiger partial charge in [0.25, 0.3) is 20.2 Å². The second-order valence-corrected chi connectivity index (χ2v) is 12.6. The van der Waals surface area contributed by atoms with E-state index in [1.165, 1.54) is 16.5 Å². The van der Waals surface area contributed by atoms with Crippen LogP contribution < -0.4 is 14.3 Å². The van der Waals surface area contributed by atoms with Crippen LogP contribution in [0.2, 0.25) is 0 Å². The number of fused-ring (bicyclic) bond motifs is 1. The summed E-state index contributed by atoms with van der Waals surface area (Å²) < 4.78 is 57.3. The van der Waals surface area contributed by atoms with E-state index in [4.69, 9.17) is 0 Å². The lowest BCUT2D eigenvalue weighted by Gasteiger charge is -2.41. The van der Waals surface area contributed by atoms with E-state index >= 15 is 0 Å². The number of rotatable bonds is 9. The normalized spacial score (nSPS) is 20.9. The highest BCUT2D eigenvalue weighted by atomic mass is 32.2. The molecule has 182 valence electrons. The maximum Gasteiger partial charge on any atom is 0.277 e. The van der Waals surface area contributed by atoms with Crippen LogP contribution in [-0.4, -0.2) is 56.5 Å². The van der Waals surface area contributed by atoms with Crippen LogP contribution in [-0.2, 0) is 20.2 Å². The molecule has 2 fully saturated rings. The molecule has 0 amide bonds.